The summed E-state index contributed by atoms with van der Waals surface area (Å²) >= 11 is 0. The Morgan fingerprint density at radius 1 is 1.19 bits per heavy atom. The van der Waals surface area contributed by atoms with E-state index >= 15 is 0 Å². The first-order chi connectivity index (χ1) is 15.1. The molecule has 0 saturated heterocycles. The Hall–Kier alpha value is -3.78. The van der Waals surface area contributed by atoms with Gasteiger partial charge in [0, 0.05) is 23.9 Å². The summed E-state index contributed by atoms with van der Waals surface area (Å²) in [5.41, 5.74) is 9.73. The first-order valence-electron chi connectivity index (χ1n) is 10.2. The van der Waals surface area contributed by atoms with Crippen molar-refractivity contribution in [1.82, 2.24) is 19.7 Å². The Morgan fingerprint density at radius 3 is 2.84 bits per heavy atom. The number of rotatable bonds is 5. The highest BCUT2D eigenvalue weighted by atomic mass is 16.5. The van der Waals surface area contributed by atoms with E-state index < -0.39 is 5.91 Å². The highest BCUT2D eigenvalue weighted by Gasteiger charge is 2.25. The third-order valence-electron chi connectivity index (χ3n) is 5.50. The molecule has 156 valence electrons. The van der Waals surface area contributed by atoms with Crippen LogP contribution in [-0.2, 0) is 17.7 Å². The zero-order valence-electron chi connectivity index (χ0n) is 17.1. The second kappa shape index (κ2) is 7.81. The van der Waals surface area contributed by atoms with Crippen LogP contribution in [0.15, 0.2) is 54.7 Å². The van der Waals surface area contributed by atoms with Crippen LogP contribution in [0.3, 0.4) is 0 Å². The van der Waals surface area contributed by atoms with Gasteiger partial charge in [-0.1, -0.05) is 36.4 Å². The highest BCUT2D eigenvalue weighted by Crippen LogP contribution is 2.31. The number of nitrogens with zero attached hydrogens (tertiary/aromatic N) is 4. The monoisotopic (exact) mass is 414 g/mol. The summed E-state index contributed by atoms with van der Waals surface area (Å²) in [4.78, 5) is 21.4. The van der Waals surface area contributed by atoms with Crippen molar-refractivity contribution in [3.8, 4) is 5.95 Å². The molecule has 4 aromatic rings. The van der Waals surface area contributed by atoms with Gasteiger partial charge in [0.25, 0.3) is 5.95 Å². The normalized spacial score (nSPS) is 15.6. The van der Waals surface area contributed by atoms with E-state index in [1.807, 2.05) is 31.2 Å². The minimum atomic E-state index is -0.497. The molecule has 1 atom stereocenters. The molecule has 0 bridgehead atoms. The summed E-state index contributed by atoms with van der Waals surface area (Å²) in [5.74, 6) is 0.695. The molecule has 0 spiro atoms. The number of primary amides is 1. The molecule has 0 fully saturated rings. The first-order valence-corrected chi connectivity index (χ1v) is 10.2. The fourth-order valence-corrected chi connectivity index (χ4v) is 3.94. The SMILES string of the molecule is CC1OCCc2c(NCc3ccccc3)nc(-n3ncc4c(C(N)=O)cccc43)nc21. The number of fused-ring (bicyclic) bond motifs is 2. The number of amides is 1. The van der Waals surface area contributed by atoms with Gasteiger partial charge in [0.15, 0.2) is 0 Å². The van der Waals surface area contributed by atoms with E-state index in [0.717, 1.165) is 34.6 Å². The van der Waals surface area contributed by atoms with Crippen LogP contribution >= 0.6 is 0 Å². The fourth-order valence-electron chi connectivity index (χ4n) is 3.94. The van der Waals surface area contributed by atoms with Gasteiger partial charge in [0.05, 0.1) is 35.7 Å². The summed E-state index contributed by atoms with van der Waals surface area (Å²) in [6.07, 6.45) is 2.21. The van der Waals surface area contributed by atoms with Crippen molar-refractivity contribution >= 4 is 22.6 Å². The summed E-state index contributed by atoms with van der Waals surface area (Å²) in [5, 5.41) is 8.59. The molecule has 3 N–H and O–H groups in total. The lowest BCUT2D eigenvalue weighted by molar-refractivity contribution is 0.0520. The molecular formula is C23H22N6O2. The number of hydrogen-bond acceptors (Lipinski definition) is 6. The molecule has 3 heterocycles. The summed E-state index contributed by atoms with van der Waals surface area (Å²) in [7, 11) is 0. The van der Waals surface area contributed by atoms with Crippen LogP contribution in [0.1, 0.15) is 40.2 Å². The fraction of sp³-hybridized carbons (Fsp3) is 0.217. The Balaban J connectivity index is 1.61. The molecule has 1 aliphatic rings. The smallest absolute Gasteiger partial charge is 0.253 e. The minimum Gasteiger partial charge on any atom is -0.372 e. The molecule has 2 aromatic carbocycles. The van der Waals surface area contributed by atoms with E-state index in [9.17, 15) is 4.79 Å². The van der Waals surface area contributed by atoms with Crippen molar-refractivity contribution < 1.29 is 9.53 Å². The molecule has 0 radical (unpaired) electrons. The zero-order chi connectivity index (χ0) is 21.4. The number of nitrogens with two attached hydrogens (primary N) is 1. The Morgan fingerprint density at radius 2 is 2.03 bits per heavy atom. The number of anilines is 1. The van der Waals surface area contributed by atoms with E-state index in [2.05, 4.69) is 22.5 Å². The summed E-state index contributed by atoms with van der Waals surface area (Å²) < 4.78 is 7.46. The third-order valence-corrected chi connectivity index (χ3v) is 5.50. The predicted molar refractivity (Wildman–Crippen MR) is 117 cm³/mol. The van der Waals surface area contributed by atoms with Crippen molar-refractivity contribution in [1.29, 1.82) is 0 Å². The van der Waals surface area contributed by atoms with Gasteiger partial charge in [0.2, 0.25) is 5.91 Å². The van der Waals surface area contributed by atoms with Gasteiger partial charge in [-0.05, 0) is 24.6 Å². The highest BCUT2D eigenvalue weighted by molar-refractivity contribution is 6.05. The number of nitrogens with one attached hydrogen (secondary N) is 1. The van der Waals surface area contributed by atoms with Gasteiger partial charge in [-0.3, -0.25) is 4.79 Å². The van der Waals surface area contributed by atoms with Gasteiger partial charge >= 0.3 is 0 Å². The molecule has 0 saturated carbocycles. The molecule has 5 rings (SSSR count). The van der Waals surface area contributed by atoms with Gasteiger partial charge in [-0.25, -0.2) is 4.98 Å². The van der Waals surface area contributed by atoms with Crippen molar-refractivity contribution in [2.24, 2.45) is 5.73 Å². The summed E-state index contributed by atoms with van der Waals surface area (Å²) in [6.45, 7) is 3.26. The molecule has 1 aliphatic heterocycles. The molecule has 31 heavy (non-hydrogen) atoms. The predicted octanol–water partition coefficient (Wildman–Crippen LogP) is 3.16. The molecule has 8 nitrogen and oxygen atoms in total. The van der Waals surface area contributed by atoms with Gasteiger partial charge in [0.1, 0.15) is 5.82 Å². The minimum absolute atomic E-state index is 0.147. The van der Waals surface area contributed by atoms with Crippen LogP contribution in [0, 0.1) is 0 Å². The molecule has 2 aromatic heterocycles. The molecule has 0 aliphatic carbocycles. The topological polar surface area (TPSA) is 108 Å². The second-order valence-corrected chi connectivity index (χ2v) is 7.50. The van der Waals surface area contributed by atoms with Crippen LogP contribution in [0.4, 0.5) is 5.82 Å². The number of hydrogen-bond donors (Lipinski definition) is 2. The number of aromatic nitrogens is 4. The van der Waals surface area contributed by atoms with Crippen LogP contribution in [0.2, 0.25) is 0 Å². The van der Waals surface area contributed by atoms with Crippen LogP contribution in [0.25, 0.3) is 16.9 Å². The number of carbonyl (C=O) groups excluding carboxylic acids is 1. The maximum atomic E-state index is 11.8. The maximum absolute atomic E-state index is 11.8. The van der Waals surface area contributed by atoms with Crippen molar-refractivity contribution in [3.63, 3.8) is 0 Å². The number of carbonyl (C=O) groups is 1. The van der Waals surface area contributed by atoms with Crippen LogP contribution < -0.4 is 11.1 Å². The maximum Gasteiger partial charge on any atom is 0.253 e. The van der Waals surface area contributed by atoms with E-state index in [1.54, 1.807) is 23.0 Å². The molecule has 1 amide bonds. The van der Waals surface area contributed by atoms with Crippen LogP contribution in [0.5, 0.6) is 0 Å². The van der Waals surface area contributed by atoms with E-state index in [1.165, 1.54) is 0 Å². The lowest BCUT2D eigenvalue weighted by Crippen LogP contribution is -2.21. The van der Waals surface area contributed by atoms with E-state index in [4.69, 9.17) is 20.4 Å². The quantitative estimate of drug-likeness (QED) is 0.519. The van der Waals surface area contributed by atoms with E-state index in [0.29, 0.717) is 30.0 Å². The van der Waals surface area contributed by atoms with Gasteiger partial charge in [-0.2, -0.15) is 14.8 Å². The van der Waals surface area contributed by atoms with Crippen molar-refractivity contribution in [3.05, 3.63) is 77.1 Å². The lowest BCUT2D eigenvalue weighted by Gasteiger charge is -2.25. The average Bonchev–Trinajstić information content (AvgIpc) is 3.22. The first kappa shape index (κ1) is 19.2. The number of benzene rings is 2. The Kier molecular flexibility index (Phi) is 4.83. The van der Waals surface area contributed by atoms with Gasteiger partial charge < -0.3 is 15.8 Å². The largest absolute Gasteiger partial charge is 0.372 e. The van der Waals surface area contributed by atoms with E-state index in [-0.39, 0.29) is 6.10 Å². The average molecular weight is 414 g/mol. The van der Waals surface area contributed by atoms with Crippen LogP contribution in [-0.4, -0.2) is 32.3 Å². The molecular weight excluding hydrogens is 392 g/mol. The second-order valence-electron chi connectivity index (χ2n) is 7.50. The number of ether oxygens (including phenoxy) is 1. The Bertz CT molecular complexity index is 1270. The molecule has 1 unspecified atom stereocenters. The zero-order valence-corrected chi connectivity index (χ0v) is 17.1. The third kappa shape index (κ3) is 3.51. The summed E-state index contributed by atoms with van der Waals surface area (Å²) in [6, 6.07) is 15.5. The van der Waals surface area contributed by atoms with Crippen molar-refractivity contribution in [2.45, 2.75) is 26.0 Å². The van der Waals surface area contributed by atoms with Crippen molar-refractivity contribution in [2.75, 3.05) is 11.9 Å². The van der Waals surface area contributed by atoms with Gasteiger partial charge in [-0.15, -0.1) is 0 Å². The lowest BCUT2D eigenvalue weighted by atomic mass is 10.0. The Labute approximate surface area is 179 Å². The molecule has 8 heteroatoms. The standard InChI is InChI=1S/C23H22N6O2/c1-14-20-17(10-11-31-14)22(25-12-15-6-3-2-4-7-15)28-23(27-20)29-19-9-5-8-16(21(24)30)18(19)13-26-29/h2-9,13-14H,10-12H2,1H3,(H2,24,30)(H,25,27,28).